The second-order valence-electron chi connectivity index (χ2n) is 8.03. The highest BCUT2D eigenvalue weighted by Crippen LogP contribution is 2.38. The van der Waals surface area contributed by atoms with Gasteiger partial charge in [0.2, 0.25) is 0 Å². The molecule has 0 heterocycles. The molecule has 186 valence electrons. The zero-order valence-corrected chi connectivity index (χ0v) is 20.6. The topological polar surface area (TPSA) is 105 Å². The van der Waals surface area contributed by atoms with E-state index in [4.69, 9.17) is 18.9 Å². The molecular weight excluding hydrogens is 464 g/mol. The average Bonchev–Trinajstić information content (AvgIpc) is 2.78. The molecule has 0 aliphatic rings. The van der Waals surface area contributed by atoms with Crippen molar-refractivity contribution in [2.24, 2.45) is 0 Å². The Balaban J connectivity index is 2.67. The summed E-state index contributed by atoms with van der Waals surface area (Å²) in [6.07, 6.45) is 0. The van der Waals surface area contributed by atoms with E-state index in [0.29, 0.717) is 11.1 Å². The summed E-state index contributed by atoms with van der Waals surface area (Å²) >= 11 is 0. The Morgan fingerprint density at radius 3 is 1.33 bits per heavy atom. The van der Waals surface area contributed by atoms with Crippen LogP contribution in [0, 0.1) is 0 Å². The third-order valence-corrected chi connectivity index (χ3v) is 4.37. The Bertz CT molecular complexity index is 1270. The van der Waals surface area contributed by atoms with Crippen LogP contribution >= 0.6 is 0 Å². The van der Waals surface area contributed by atoms with Gasteiger partial charge in [0.15, 0.2) is 0 Å². The maximum Gasteiger partial charge on any atom is 0.338 e. The van der Waals surface area contributed by atoms with E-state index >= 15 is 0 Å². The molecule has 36 heavy (non-hydrogen) atoms. The first-order valence-corrected chi connectivity index (χ1v) is 10.6. The normalized spacial score (nSPS) is 10.0. The summed E-state index contributed by atoms with van der Waals surface area (Å²) in [7, 11) is 0. The van der Waals surface area contributed by atoms with Crippen molar-refractivity contribution in [3.05, 3.63) is 85.0 Å². The molecule has 0 saturated carbocycles. The Morgan fingerprint density at radius 2 is 0.917 bits per heavy atom. The van der Waals surface area contributed by atoms with Crippen molar-refractivity contribution in [3.63, 3.8) is 0 Å². The molecule has 0 atom stereocenters. The highest BCUT2D eigenvalue weighted by atomic mass is 16.6. The molecule has 8 heteroatoms. The molecule has 8 nitrogen and oxygen atoms in total. The summed E-state index contributed by atoms with van der Waals surface area (Å²) in [4.78, 5) is 48.5. The minimum absolute atomic E-state index is 0.00979. The largest absolute Gasteiger partial charge is 0.423 e. The Morgan fingerprint density at radius 1 is 0.528 bits per heavy atom. The van der Waals surface area contributed by atoms with Gasteiger partial charge >= 0.3 is 23.9 Å². The number of carbonyl (C=O) groups excluding carboxylic acids is 4. The predicted molar refractivity (Wildman–Crippen MR) is 134 cm³/mol. The minimum atomic E-state index is -0.724. The molecule has 0 bridgehead atoms. The number of benzene rings is 2. The summed E-state index contributed by atoms with van der Waals surface area (Å²) in [5.74, 6) is -2.59. The fourth-order valence-corrected chi connectivity index (χ4v) is 2.50. The predicted octanol–water partition coefficient (Wildman–Crippen LogP) is 5.28. The first-order chi connectivity index (χ1) is 16.8. The standard InChI is InChI=1S/C28H26O8/c1-15(2)25(29)33-20-9-10-23(24(14-20)36-28(32)18(7)8)19-11-21(34-26(30)16(3)4)13-22(12-19)35-27(31)17(5)6/h9-14H,1,3,5,7H2,2,4,6,8H3. The average molecular weight is 491 g/mol. The number of rotatable bonds is 9. The second kappa shape index (κ2) is 11.6. The molecule has 0 aromatic heterocycles. The van der Waals surface area contributed by atoms with E-state index in [9.17, 15) is 19.2 Å². The van der Waals surface area contributed by atoms with E-state index < -0.39 is 23.9 Å². The molecule has 0 unspecified atom stereocenters. The van der Waals surface area contributed by atoms with Crippen LogP contribution in [-0.2, 0) is 19.2 Å². The highest BCUT2D eigenvalue weighted by molar-refractivity contribution is 5.92. The van der Waals surface area contributed by atoms with Gasteiger partial charge in [-0.15, -0.1) is 0 Å². The second-order valence-corrected chi connectivity index (χ2v) is 8.03. The van der Waals surface area contributed by atoms with Crippen LogP contribution in [0.15, 0.2) is 85.0 Å². The molecule has 2 aromatic carbocycles. The van der Waals surface area contributed by atoms with E-state index in [-0.39, 0.29) is 45.3 Å². The molecule has 0 aliphatic heterocycles. The zero-order chi connectivity index (χ0) is 27.2. The lowest BCUT2D eigenvalue weighted by atomic mass is 10.0. The summed E-state index contributed by atoms with van der Waals surface area (Å²) in [5, 5.41) is 0. The van der Waals surface area contributed by atoms with E-state index in [0.717, 1.165) is 0 Å². The summed E-state index contributed by atoms with van der Waals surface area (Å²) in [5.41, 5.74) is 1.30. The lowest BCUT2D eigenvalue weighted by Gasteiger charge is -2.15. The molecule has 0 saturated heterocycles. The van der Waals surface area contributed by atoms with Crippen molar-refractivity contribution in [1.82, 2.24) is 0 Å². The number of hydrogen-bond acceptors (Lipinski definition) is 8. The SMILES string of the molecule is C=C(C)C(=O)Oc1cc(OC(=O)C(=C)C)cc(-c2ccc(OC(=O)C(=C)C)cc2OC(=O)C(=C)C)c1. The highest BCUT2D eigenvalue weighted by Gasteiger charge is 2.18. The Labute approximate surface area is 209 Å². The quantitative estimate of drug-likeness (QED) is 0.266. The lowest BCUT2D eigenvalue weighted by molar-refractivity contribution is -0.131. The van der Waals surface area contributed by atoms with Crippen LogP contribution < -0.4 is 18.9 Å². The van der Waals surface area contributed by atoms with Crippen LogP contribution in [0.4, 0.5) is 0 Å². The van der Waals surface area contributed by atoms with Crippen molar-refractivity contribution >= 4 is 23.9 Å². The van der Waals surface area contributed by atoms with E-state index in [1.54, 1.807) is 0 Å². The van der Waals surface area contributed by atoms with Crippen LogP contribution in [-0.4, -0.2) is 23.9 Å². The lowest BCUT2D eigenvalue weighted by Crippen LogP contribution is -2.12. The van der Waals surface area contributed by atoms with Gasteiger partial charge in [-0.1, -0.05) is 26.3 Å². The van der Waals surface area contributed by atoms with Crippen molar-refractivity contribution in [2.45, 2.75) is 27.7 Å². The third kappa shape index (κ3) is 7.39. The smallest absolute Gasteiger partial charge is 0.338 e. The fourth-order valence-electron chi connectivity index (χ4n) is 2.50. The van der Waals surface area contributed by atoms with Gasteiger partial charge in [-0.3, -0.25) is 0 Å². The van der Waals surface area contributed by atoms with Gasteiger partial charge in [-0.2, -0.15) is 0 Å². The van der Waals surface area contributed by atoms with Gasteiger partial charge in [0, 0.05) is 40.0 Å². The molecule has 0 fully saturated rings. The van der Waals surface area contributed by atoms with E-state index in [2.05, 4.69) is 26.3 Å². The van der Waals surface area contributed by atoms with Gasteiger partial charge in [0.25, 0.3) is 0 Å². The monoisotopic (exact) mass is 490 g/mol. The third-order valence-electron chi connectivity index (χ3n) is 4.37. The van der Waals surface area contributed by atoms with Crippen LogP contribution in [0.2, 0.25) is 0 Å². The summed E-state index contributed by atoms with van der Waals surface area (Å²) < 4.78 is 21.4. The first kappa shape index (κ1) is 27.5. The van der Waals surface area contributed by atoms with Crippen LogP contribution in [0.25, 0.3) is 11.1 Å². The molecule has 0 radical (unpaired) electrons. The molecule has 0 N–H and O–H groups in total. The summed E-state index contributed by atoms with van der Waals surface area (Å²) in [6.45, 7) is 20.1. The van der Waals surface area contributed by atoms with E-state index in [1.807, 2.05) is 0 Å². The number of ether oxygens (including phenoxy) is 4. The van der Waals surface area contributed by atoms with Crippen molar-refractivity contribution < 1.29 is 38.1 Å². The van der Waals surface area contributed by atoms with Crippen LogP contribution in [0.5, 0.6) is 23.0 Å². The number of carbonyl (C=O) groups is 4. The van der Waals surface area contributed by atoms with Crippen molar-refractivity contribution in [1.29, 1.82) is 0 Å². The zero-order valence-electron chi connectivity index (χ0n) is 20.6. The molecular formula is C28H26O8. The molecule has 0 spiro atoms. The fraction of sp³-hybridized carbons (Fsp3) is 0.143. The van der Waals surface area contributed by atoms with Gasteiger partial charge in [-0.05, 0) is 57.5 Å². The van der Waals surface area contributed by atoms with Gasteiger partial charge in [0.1, 0.15) is 23.0 Å². The minimum Gasteiger partial charge on any atom is -0.423 e. The maximum atomic E-state index is 12.3. The first-order valence-electron chi connectivity index (χ1n) is 10.6. The van der Waals surface area contributed by atoms with Crippen molar-refractivity contribution in [3.8, 4) is 34.1 Å². The maximum absolute atomic E-state index is 12.3. The van der Waals surface area contributed by atoms with Gasteiger partial charge in [0.05, 0.1) is 0 Å². The molecule has 0 aliphatic carbocycles. The number of esters is 4. The van der Waals surface area contributed by atoms with Gasteiger partial charge < -0.3 is 18.9 Å². The van der Waals surface area contributed by atoms with Gasteiger partial charge in [-0.25, -0.2) is 19.2 Å². The number of hydrogen-bond donors (Lipinski definition) is 0. The molecule has 2 aromatic rings. The van der Waals surface area contributed by atoms with E-state index in [1.165, 1.54) is 64.1 Å². The molecule has 0 amide bonds. The van der Waals surface area contributed by atoms with Crippen LogP contribution in [0.1, 0.15) is 27.7 Å². The Kier molecular flexibility index (Phi) is 8.88. The van der Waals surface area contributed by atoms with Crippen molar-refractivity contribution in [2.75, 3.05) is 0 Å². The van der Waals surface area contributed by atoms with Crippen LogP contribution in [0.3, 0.4) is 0 Å². The Hall–Kier alpha value is -4.72. The summed E-state index contributed by atoms with van der Waals surface area (Å²) in [6, 6.07) is 8.63. The molecule has 2 rings (SSSR count).